The van der Waals surface area contributed by atoms with Crippen molar-refractivity contribution in [3.63, 3.8) is 0 Å². The summed E-state index contributed by atoms with van der Waals surface area (Å²) in [5, 5.41) is 2.26. The number of alkyl halides is 5. The number of amides is 1. The Morgan fingerprint density at radius 2 is 1.95 bits per heavy atom. The molecule has 0 radical (unpaired) electrons. The molecule has 0 unspecified atom stereocenters. The monoisotopic (exact) mass is 364 g/mol. The first-order valence-electron chi connectivity index (χ1n) is 5.86. The van der Waals surface area contributed by atoms with E-state index in [2.05, 4.69) is 5.32 Å². The Bertz CT molecular complexity index is 499. The lowest BCUT2D eigenvalue weighted by atomic mass is 10.2. The van der Waals surface area contributed by atoms with Gasteiger partial charge in [0, 0.05) is 17.9 Å². The standard InChI is InChI=1S/C12H13F5N2OS.ClH/c13-10(14)6-21-9-2-1-7(12(15,16)17)5-8(9)19-11(20)3-4-18;/h1-2,5,10H,3-4,6,18H2,(H,19,20);1H. The minimum absolute atomic E-state index is 0. The summed E-state index contributed by atoms with van der Waals surface area (Å²) in [6.07, 6.45) is -7.26. The number of hydrogen-bond acceptors (Lipinski definition) is 3. The second-order valence-electron chi connectivity index (χ2n) is 4.00. The molecule has 1 aromatic rings. The lowest BCUT2D eigenvalue weighted by molar-refractivity contribution is -0.137. The van der Waals surface area contributed by atoms with Gasteiger partial charge in [-0.1, -0.05) is 0 Å². The third-order valence-electron chi connectivity index (χ3n) is 2.32. The molecule has 0 aromatic heterocycles. The van der Waals surface area contributed by atoms with Crippen LogP contribution in [0.2, 0.25) is 0 Å². The van der Waals surface area contributed by atoms with Crippen molar-refractivity contribution in [2.75, 3.05) is 17.6 Å². The van der Waals surface area contributed by atoms with Crippen LogP contribution in [0.5, 0.6) is 0 Å². The molecule has 1 amide bonds. The highest BCUT2D eigenvalue weighted by molar-refractivity contribution is 7.99. The molecule has 0 heterocycles. The molecule has 126 valence electrons. The van der Waals surface area contributed by atoms with Crippen LogP contribution in [0.4, 0.5) is 27.6 Å². The number of anilines is 1. The van der Waals surface area contributed by atoms with Gasteiger partial charge in [0.25, 0.3) is 0 Å². The van der Waals surface area contributed by atoms with Gasteiger partial charge in [-0.3, -0.25) is 4.79 Å². The van der Waals surface area contributed by atoms with E-state index in [0.29, 0.717) is 11.8 Å². The molecular weight excluding hydrogens is 351 g/mol. The van der Waals surface area contributed by atoms with Crippen molar-refractivity contribution < 1.29 is 26.7 Å². The number of carbonyl (C=O) groups is 1. The van der Waals surface area contributed by atoms with Crippen LogP contribution >= 0.6 is 24.2 Å². The molecule has 0 bridgehead atoms. The Balaban J connectivity index is 0.00000441. The highest BCUT2D eigenvalue weighted by Crippen LogP contribution is 2.36. The second kappa shape index (κ2) is 9.16. The van der Waals surface area contributed by atoms with Crippen LogP contribution in [0.25, 0.3) is 0 Å². The SMILES string of the molecule is Cl.NCCC(=O)Nc1cc(C(F)(F)F)ccc1SCC(F)F. The quantitative estimate of drug-likeness (QED) is 0.596. The number of thioether (sulfide) groups is 1. The van der Waals surface area contributed by atoms with E-state index in [0.717, 1.165) is 18.2 Å². The van der Waals surface area contributed by atoms with Crippen molar-refractivity contribution >= 4 is 35.8 Å². The normalized spacial score (nSPS) is 11.2. The van der Waals surface area contributed by atoms with Crippen molar-refractivity contribution in [2.24, 2.45) is 5.73 Å². The molecule has 3 nitrogen and oxygen atoms in total. The van der Waals surface area contributed by atoms with Gasteiger partial charge in [0.2, 0.25) is 12.3 Å². The fourth-order valence-electron chi connectivity index (χ4n) is 1.43. The Morgan fingerprint density at radius 1 is 1.32 bits per heavy atom. The topological polar surface area (TPSA) is 55.1 Å². The van der Waals surface area contributed by atoms with E-state index in [1.807, 2.05) is 0 Å². The number of carbonyl (C=O) groups excluding carboxylic acids is 1. The molecule has 0 spiro atoms. The fourth-order valence-corrected chi connectivity index (χ4v) is 2.16. The average molecular weight is 365 g/mol. The maximum absolute atomic E-state index is 12.6. The molecule has 0 aliphatic heterocycles. The molecule has 1 rings (SSSR count). The number of rotatable bonds is 6. The van der Waals surface area contributed by atoms with E-state index in [1.54, 1.807) is 0 Å². The lowest BCUT2D eigenvalue weighted by Crippen LogP contribution is -2.17. The lowest BCUT2D eigenvalue weighted by Gasteiger charge is -2.14. The summed E-state index contributed by atoms with van der Waals surface area (Å²) in [6, 6.07) is 2.57. The summed E-state index contributed by atoms with van der Waals surface area (Å²) in [5.41, 5.74) is 4.06. The number of nitrogens with two attached hydrogens (primary N) is 1. The van der Waals surface area contributed by atoms with Gasteiger partial charge in [0.15, 0.2) is 0 Å². The summed E-state index contributed by atoms with van der Waals surface area (Å²) < 4.78 is 62.3. The van der Waals surface area contributed by atoms with Gasteiger partial charge in [-0.2, -0.15) is 13.2 Å². The van der Waals surface area contributed by atoms with Gasteiger partial charge in [-0.05, 0) is 18.2 Å². The van der Waals surface area contributed by atoms with Crippen molar-refractivity contribution in [1.82, 2.24) is 0 Å². The van der Waals surface area contributed by atoms with Gasteiger partial charge in [0.1, 0.15) is 0 Å². The predicted octanol–water partition coefficient (Wildman–Crippen LogP) is 3.77. The number of halogens is 6. The molecule has 1 aromatic carbocycles. The summed E-state index contributed by atoms with van der Waals surface area (Å²) in [7, 11) is 0. The molecule has 3 N–H and O–H groups in total. The van der Waals surface area contributed by atoms with Gasteiger partial charge < -0.3 is 11.1 Å². The Kier molecular flexibility index (Phi) is 8.72. The first-order chi connectivity index (χ1) is 9.74. The van der Waals surface area contributed by atoms with Crippen molar-refractivity contribution in [2.45, 2.75) is 23.9 Å². The molecule has 0 fully saturated rings. The molecule has 0 atom stereocenters. The maximum Gasteiger partial charge on any atom is 0.416 e. The smallest absolute Gasteiger partial charge is 0.330 e. The molecule has 22 heavy (non-hydrogen) atoms. The van der Waals surface area contributed by atoms with Crippen LogP contribution in [-0.2, 0) is 11.0 Å². The zero-order valence-electron chi connectivity index (χ0n) is 11.1. The van der Waals surface area contributed by atoms with E-state index in [4.69, 9.17) is 5.73 Å². The van der Waals surface area contributed by atoms with E-state index in [9.17, 15) is 26.7 Å². The average Bonchev–Trinajstić information content (AvgIpc) is 2.36. The van der Waals surface area contributed by atoms with Gasteiger partial charge in [0.05, 0.1) is 17.0 Å². The first-order valence-corrected chi connectivity index (χ1v) is 6.84. The van der Waals surface area contributed by atoms with Crippen molar-refractivity contribution in [3.8, 4) is 0 Å². The third-order valence-corrected chi connectivity index (χ3v) is 3.40. The molecule has 0 saturated heterocycles. The minimum Gasteiger partial charge on any atom is -0.330 e. The molecular formula is C12H14ClF5N2OS. The predicted molar refractivity (Wildman–Crippen MR) is 77.7 cm³/mol. The van der Waals surface area contributed by atoms with Crippen LogP contribution in [0.3, 0.4) is 0 Å². The zero-order valence-corrected chi connectivity index (χ0v) is 12.8. The molecule has 10 heteroatoms. The van der Waals surface area contributed by atoms with Crippen LogP contribution < -0.4 is 11.1 Å². The summed E-state index contributed by atoms with van der Waals surface area (Å²) in [6.45, 7) is 0.0320. The minimum atomic E-state index is -4.58. The van der Waals surface area contributed by atoms with Gasteiger partial charge >= 0.3 is 6.18 Å². The van der Waals surface area contributed by atoms with E-state index < -0.39 is 29.8 Å². The molecule has 0 saturated carbocycles. The van der Waals surface area contributed by atoms with Crippen LogP contribution in [0.15, 0.2) is 23.1 Å². The van der Waals surface area contributed by atoms with Crippen molar-refractivity contribution in [3.05, 3.63) is 23.8 Å². The van der Waals surface area contributed by atoms with Crippen molar-refractivity contribution in [1.29, 1.82) is 0 Å². The Hall–Kier alpha value is -1.06. The summed E-state index contributed by atoms with van der Waals surface area (Å²) in [5.74, 6) is -1.15. The number of hydrogen-bond donors (Lipinski definition) is 2. The van der Waals surface area contributed by atoms with Crippen LogP contribution in [0.1, 0.15) is 12.0 Å². The highest BCUT2D eigenvalue weighted by Gasteiger charge is 2.31. The second-order valence-corrected chi connectivity index (χ2v) is 5.06. The fraction of sp³-hybridized carbons (Fsp3) is 0.417. The summed E-state index contributed by atoms with van der Waals surface area (Å²) in [4.78, 5) is 11.6. The summed E-state index contributed by atoms with van der Waals surface area (Å²) >= 11 is 0.671. The molecule has 0 aliphatic rings. The van der Waals surface area contributed by atoms with E-state index in [1.165, 1.54) is 0 Å². The first kappa shape index (κ1) is 20.9. The number of benzene rings is 1. The Labute approximate surface area is 134 Å². The van der Waals surface area contributed by atoms with E-state index >= 15 is 0 Å². The zero-order chi connectivity index (χ0) is 16.0. The number of nitrogens with one attached hydrogen (secondary N) is 1. The Morgan fingerprint density at radius 3 is 2.45 bits per heavy atom. The highest BCUT2D eigenvalue weighted by atomic mass is 35.5. The molecule has 0 aliphatic carbocycles. The third kappa shape index (κ3) is 6.80. The largest absolute Gasteiger partial charge is 0.416 e. The van der Waals surface area contributed by atoms with Gasteiger partial charge in [-0.25, -0.2) is 8.78 Å². The van der Waals surface area contributed by atoms with Gasteiger partial charge in [-0.15, -0.1) is 24.2 Å². The van der Waals surface area contributed by atoms with Crippen LogP contribution in [0, 0.1) is 0 Å². The van der Waals surface area contributed by atoms with E-state index in [-0.39, 0.29) is 36.0 Å². The van der Waals surface area contributed by atoms with Crippen LogP contribution in [-0.4, -0.2) is 24.6 Å². The maximum atomic E-state index is 12.6.